The molecule has 1 aromatic heterocycles. The predicted molar refractivity (Wildman–Crippen MR) is 96.6 cm³/mol. The maximum absolute atomic E-state index is 4.36. The monoisotopic (exact) mass is 311 g/mol. The standard InChI is InChI=1S/C20H29N3/c1-4-13-23(14-5-2)17-10-9-16-7-6-8-18(19(16)15-17)20-11-12-21-22(20)3/h6-8,11-12,17H,4-5,9-10,13-15H2,1-3H3. The van der Waals surface area contributed by atoms with Crippen molar-refractivity contribution in [2.45, 2.75) is 52.0 Å². The van der Waals surface area contributed by atoms with Crippen LogP contribution in [0.4, 0.5) is 0 Å². The summed E-state index contributed by atoms with van der Waals surface area (Å²) >= 11 is 0. The Hall–Kier alpha value is -1.61. The summed E-state index contributed by atoms with van der Waals surface area (Å²) in [6.45, 7) is 7.03. The number of benzene rings is 1. The molecule has 0 saturated carbocycles. The van der Waals surface area contributed by atoms with Gasteiger partial charge < -0.3 is 4.90 Å². The lowest BCUT2D eigenvalue weighted by Gasteiger charge is -2.35. The molecule has 0 amide bonds. The SMILES string of the molecule is CCCN(CCC)C1CCc2cccc(-c3ccnn3C)c2C1. The third-order valence-electron chi connectivity index (χ3n) is 5.09. The molecular formula is C20H29N3. The lowest BCUT2D eigenvalue weighted by molar-refractivity contribution is 0.180. The highest BCUT2D eigenvalue weighted by molar-refractivity contribution is 5.66. The fourth-order valence-corrected chi connectivity index (χ4v) is 4.01. The van der Waals surface area contributed by atoms with Crippen molar-refractivity contribution >= 4 is 0 Å². The zero-order chi connectivity index (χ0) is 16.2. The van der Waals surface area contributed by atoms with Gasteiger partial charge in [-0.3, -0.25) is 4.68 Å². The molecule has 0 N–H and O–H groups in total. The summed E-state index contributed by atoms with van der Waals surface area (Å²) in [6, 6.07) is 9.61. The second kappa shape index (κ2) is 7.31. The minimum Gasteiger partial charge on any atom is -0.300 e. The lowest BCUT2D eigenvalue weighted by Crippen LogP contribution is -2.40. The summed E-state index contributed by atoms with van der Waals surface area (Å²) in [5.41, 5.74) is 5.69. The van der Waals surface area contributed by atoms with Gasteiger partial charge in [-0.2, -0.15) is 5.10 Å². The van der Waals surface area contributed by atoms with Gasteiger partial charge in [-0.05, 0) is 62.4 Å². The molecule has 124 valence electrons. The van der Waals surface area contributed by atoms with Crippen molar-refractivity contribution in [3.63, 3.8) is 0 Å². The molecule has 2 aromatic rings. The van der Waals surface area contributed by atoms with E-state index >= 15 is 0 Å². The normalized spacial score (nSPS) is 17.5. The zero-order valence-electron chi connectivity index (χ0n) is 14.8. The fraction of sp³-hybridized carbons (Fsp3) is 0.550. The minimum atomic E-state index is 0.691. The van der Waals surface area contributed by atoms with Crippen LogP contribution in [0.15, 0.2) is 30.5 Å². The number of aromatic nitrogens is 2. The Bertz CT molecular complexity index is 638. The largest absolute Gasteiger partial charge is 0.300 e. The number of hydrogen-bond acceptors (Lipinski definition) is 2. The van der Waals surface area contributed by atoms with Crippen LogP contribution < -0.4 is 0 Å². The van der Waals surface area contributed by atoms with Crippen LogP contribution >= 0.6 is 0 Å². The van der Waals surface area contributed by atoms with Gasteiger partial charge >= 0.3 is 0 Å². The van der Waals surface area contributed by atoms with Crippen LogP contribution in [0, 0.1) is 0 Å². The molecule has 0 fully saturated rings. The third kappa shape index (κ3) is 3.35. The first-order valence-corrected chi connectivity index (χ1v) is 9.07. The Kier molecular flexibility index (Phi) is 5.16. The van der Waals surface area contributed by atoms with Crippen LogP contribution in [-0.2, 0) is 19.9 Å². The average Bonchev–Trinajstić information content (AvgIpc) is 2.99. The summed E-state index contributed by atoms with van der Waals surface area (Å²) in [5, 5.41) is 4.36. The van der Waals surface area contributed by atoms with Crippen molar-refractivity contribution in [2.75, 3.05) is 13.1 Å². The summed E-state index contributed by atoms with van der Waals surface area (Å²) in [7, 11) is 2.04. The third-order valence-corrected chi connectivity index (χ3v) is 5.09. The van der Waals surface area contributed by atoms with E-state index in [1.165, 1.54) is 62.0 Å². The number of aryl methyl sites for hydroxylation is 2. The molecule has 0 radical (unpaired) electrons. The number of fused-ring (bicyclic) bond motifs is 1. The summed E-state index contributed by atoms with van der Waals surface area (Å²) in [6.07, 6.45) is 8.06. The van der Waals surface area contributed by atoms with Crippen LogP contribution in [-0.4, -0.2) is 33.8 Å². The Morgan fingerprint density at radius 2 is 1.96 bits per heavy atom. The second-order valence-corrected chi connectivity index (χ2v) is 6.72. The van der Waals surface area contributed by atoms with E-state index in [-0.39, 0.29) is 0 Å². The van der Waals surface area contributed by atoms with E-state index in [4.69, 9.17) is 0 Å². The van der Waals surface area contributed by atoms with Gasteiger partial charge in [-0.15, -0.1) is 0 Å². The topological polar surface area (TPSA) is 21.1 Å². The summed E-state index contributed by atoms with van der Waals surface area (Å²) in [4.78, 5) is 2.71. The summed E-state index contributed by atoms with van der Waals surface area (Å²) < 4.78 is 2.00. The van der Waals surface area contributed by atoms with Crippen molar-refractivity contribution in [2.24, 2.45) is 7.05 Å². The van der Waals surface area contributed by atoms with Gasteiger partial charge in [-0.25, -0.2) is 0 Å². The zero-order valence-corrected chi connectivity index (χ0v) is 14.8. The molecular weight excluding hydrogens is 282 g/mol. The van der Waals surface area contributed by atoms with Crippen LogP contribution in [0.3, 0.4) is 0 Å². The van der Waals surface area contributed by atoms with Gasteiger partial charge in [0.15, 0.2) is 0 Å². The van der Waals surface area contributed by atoms with E-state index in [9.17, 15) is 0 Å². The van der Waals surface area contributed by atoms with Crippen molar-refractivity contribution in [1.82, 2.24) is 14.7 Å². The minimum absolute atomic E-state index is 0.691. The van der Waals surface area contributed by atoms with Crippen LogP contribution in [0.2, 0.25) is 0 Å². The maximum Gasteiger partial charge on any atom is 0.0681 e. The smallest absolute Gasteiger partial charge is 0.0681 e. The van der Waals surface area contributed by atoms with Crippen LogP contribution in [0.25, 0.3) is 11.3 Å². The molecule has 0 spiro atoms. The molecule has 1 aromatic carbocycles. The molecule has 1 aliphatic rings. The van der Waals surface area contributed by atoms with E-state index in [1.54, 1.807) is 5.56 Å². The number of nitrogens with zero attached hydrogens (tertiary/aromatic N) is 3. The molecule has 3 rings (SSSR count). The van der Waals surface area contributed by atoms with E-state index in [0.29, 0.717) is 6.04 Å². The van der Waals surface area contributed by atoms with Gasteiger partial charge in [0.2, 0.25) is 0 Å². The van der Waals surface area contributed by atoms with Crippen LogP contribution in [0.1, 0.15) is 44.2 Å². The van der Waals surface area contributed by atoms with E-state index in [2.05, 4.69) is 48.1 Å². The Balaban J connectivity index is 1.91. The van der Waals surface area contributed by atoms with E-state index in [0.717, 1.165) is 0 Å². The molecule has 0 saturated heterocycles. The molecule has 3 heteroatoms. The number of hydrogen-bond donors (Lipinski definition) is 0. The van der Waals surface area contributed by atoms with Gasteiger partial charge in [-0.1, -0.05) is 32.0 Å². The maximum atomic E-state index is 4.36. The molecule has 1 unspecified atom stereocenters. The first-order chi connectivity index (χ1) is 11.2. The molecule has 1 aliphatic carbocycles. The summed E-state index contributed by atoms with van der Waals surface area (Å²) in [5.74, 6) is 0. The molecule has 1 heterocycles. The second-order valence-electron chi connectivity index (χ2n) is 6.72. The van der Waals surface area contributed by atoms with Crippen molar-refractivity contribution in [1.29, 1.82) is 0 Å². The highest BCUT2D eigenvalue weighted by atomic mass is 15.3. The van der Waals surface area contributed by atoms with E-state index < -0.39 is 0 Å². The Labute approximate surface area is 140 Å². The fourth-order valence-electron chi connectivity index (χ4n) is 4.01. The van der Waals surface area contributed by atoms with Crippen molar-refractivity contribution in [3.8, 4) is 11.3 Å². The molecule has 3 nitrogen and oxygen atoms in total. The highest BCUT2D eigenvalue weighted by Gasteiger charge is 2.25. The van der Waals surface area contributed by atoms with Crippen molar-refractivity contribution in [3.05, 3.63) is 41.6 Å². The Morgan fingerprint density at radius 1 is 1.17 bits per heavy atom. The van der Waals surface area contributed by atoms with Crippen molar-refractivity contribution < 1.29 is 0 Å². The predicted octanol–water partition coefficient (Wildman–Crippen LogP) is 4.07. The highest BCUT2D eigenvalue weighted by Crippen LogP contribution is 2.33. The average molecular weight is 311 g/mol. The lowest BCUT2D eigenvalue weighted by atomic mass is 9.83. The van der Waals surface area contributed by atoms with Gasteiger partial charge in [0.1, 0.15) is 0 Å². The molecule has 1 atom stereocenters. The molecule has 0 bridgehead atoms. The van der Waals surface area contributed by atoms with Crippen LogP contribution in [0.5, 0.6) is 0 Å². The Morgan fingerprint density at radius 3 is 2.61 bits per heavy atom. The van der Waals surface area contributed by atoms with Gasteiger partial charge in [0.25, 0.3) is 0 Å². The first kappa shape index (κ1) is 16.3. The first-order valence-electron chi connectivity index (χ1n) is 9.07. The van der Waals surface area contributed by atoms with E-state index in [1.807, 2.05) is 17.9 Å². The van der Waals surface area contributed by atoms with Gasteiger partial charge in [0, 0.05) is 24.8 Å². The quantitative estimate of drug-likeness (QED) is 0.802. The van der Waals surface area contributed by atoms with Gasteiger partial charge in [0.05, 0.1) is 5.69 Å². The molecule has 23 heavy (non-hydrogen) atoms. The number of rotatable bonds is 6. The molecule has 0 aliphatic heterocycles.